The van der Waals surface area contributed by atoms with Crippen LogP contribution < -0.4 is 0 Å². The van der Waals surface area contributed by atoms with Crippen LogP contribution in [-0.4, -0.2) is 55.1 Å². The molecule has 2 aliphatic heterocycles. The quantitative estimate of drug-likeness (QED) is 0.806. The SMILES string of the molecule is CN(CC(=O)N1CCCC1c1ccncc1)C1=NS(=O)(=O)c2ccccc21. The van der Waals surface area contributed by atoms with E-state index < -0.39 is 10.0 Å². The van der Waals surface area contributed by atoms with Crippen LogP contribution in [0, 0.1) is 0 Å². The summed E-state index contributed by atoms with van der Waals surface area (Å²) in [4.78, 5) is 20.6. The lowest BCUT2D eigenvalue weighted by Gasteiger charge is -2.28. The number of benzene rings is 1. The van der Waals surface area contributed by atoms with Crippen LogP contribution in [0.5, 0.6) is 0 Å². The predicted molar refractivity (Wildman–Crippen MR) is 101 cm³/mol. The third kappa shape index (κ3) is 3.21. The number of amides is 1. The summed E-state index contributed by atoms with van der Waals surface area (Å²) in [6, 6.07) is 10.6. The lowest BCUT2D eigenvalue weighted by atomic mass is 10.1. The van der Waals surface area contributed by atoms with Gasteiger partial charge in [-0.15, -0.1) is 4.40 Å². The van der Waals surface area contributed by atoms with E-state index in [1.165, 1.54) is 6.07 Å². The summed E-state index contributed by atoms with van der Waals surface area (Å²) in [5, 5.41) is 0. The van der Waals surface area contributed by atoms with Crippen LogP contribution >= 0.6 is 0 Å². The van der Waals surface area contributed by atoms with Crippen LogP contribution in [0.3, 0.4) is 0 Å². The van der Waals surface area contributed by atoms with Crippen molar-refractivity contribution >= 4 is 21.8 Å². The molecule has 8 heteroatoms. The Labute approximate surface area is 158 Å². The van der Waals surface area contributed by atoms with Crippen molar-refractivity contribution in [3.8, 4) is 0 Å². The molecular formula is C19H20N4O3S. The molecule has 7 nitrogen and oxygen atoms in total. The molecule has 2 aliphatic rings. The molecule has 1 aromatic heterocycles. The monoisotopic (exact) mass is 384 g/mol. The lowest BCUT2D eigenvalue weighted by Crippen LogP contribution is -2.40. The summed E-state index contributed by atoms with van der Waals surface area (Å²) in [7, 11) is -1.99. The molecule has 1 unspecified atom stereocenters. The molecule has 1 amide bonds. The van der Waals surface area contributed by atoms with E-state index in [1.54, 1.807) is 42.5 Å². The zero-order valence-electron chi connectivity index (χ0n) is 14.9. The van der Waals surface area contributed by atoms with Gasteiger partial charge in [0.1, 0.15) is 4.90 Å². The average Bonchev–Trinajstić information content (AvgIpc) is 3.26. The first-order chi connectivity index (χ1) is 13.0. The van der Waals surface area contributed by atoms with Gasteiger partial charge in [0.2, 0.25) is 5.91 Å². The topological polar surface area (TPSA) is 82.9 Å². The molecule has 4 rings (SSSR count). The van der Waals surface area contributed by atoms with Crippen molar-refractivity contribution in [2.24, 2.45) is 4.40 Å². The molecule has 1 fully saturated rings. The molecule has 3 heterocycles. The Balaban J connectivity index is 1.54. The Morgan fingerprint density at radius 1 is 1.22 bits per heavy atom. The van der Waals surface area contributed by atoms with Crippen molar-refractivity contribution in [1.29, 1.82) is 0 Å². The van der Waals surface area contributed by atoms with Crippen LogP contribution in [0.1, 0.15) is 30.0 Å². The number of nitrogens with zero attached hydrogens (tertiary/aromatic N) is 4. The van der Waals surface area contributed by atoms with Crippen molar-refractivity contribution in [2.75, 3.05) is 20.1 Å². The minimum absolute atomic E-state index is 0.0374. The van der Waals surface area contributed by atoms with Crippen LogP contribution in [0.4, 0.5) is 0 Å². The number of pyridine rings is 1. The fourth-order valence-electron chi connectivity index (χ4n) is 3.73. The molecule has 140 valence electrons. The summed E-state index contributed by atoms with van der Waals surface area (Å²) in [6.07, 6.45) is 5.33. The number of hydrogen-bond acceptors (Lipinski definition) is 5. The number of carbonyl (C=O) groups excluding carboxylic acids is 1. The molecule has 0 radical (unpaired) electrons. The first kappa shape index (κ1) is 17.7. The summed E-state index contributed by atoms with van der Waals surface area (Å²) >= 11 is 0. The number of aromatic nitrogens is 1. The maximum absolute atomic E-state index is 12.9. The van der Waals surface area contributed by atoms with E-state index >= 15 is 0 Å². The van der Waals surface area contributed by atoms with Crippen molar-refractivity contribution < 1.29 is 13.2 Å². The number of hydrogen-bond donors (Lipinski definition) is 0. The second-order valence-corrected chi connectivity index (χ2v) is 8.34. The molecular weight excluding hydrogens is 364 g/mol. The Hall–Kier alpha value is -2.74. The molecule has 0 bridgehead atoms. The fraction of sp³-hybridized carbons (Fsp3) is 0.316. The molecule has 2 aromatic rings. The van der Waals surface area contributed by atoms with Gasteiger partial charge in [0, 0.05) is 31.5 Å². The maximum Gasteiger partial charge on any atom is 0.285 e. The zero-order valence-corrected chi connectivity index (χ0v) is 15.8. The molecule has 0 N–H and O–H groups in total. The number of rotatable bonds is 3. The van der Waals surface area contributed by atoms with Gasteiger partial charge in [-0.25, -0.2) is 0 Å². The fourth-order valence-corrected chi connectivity index (χ4v) is 4.98. The second-order valence-electron chi connectivity index (χ2n) is 6.77. The Kier molecular flexibility index (Phi) is 4.43. The van der Waals surface area contributed by atoms with E-state index in [0.717, 1.165) is 18.4 Å². The van der Waals surface area contributed by atoms with Gasteiger partial charge in [-0.1, -0.05) is 12.1 Å². The molecule has 0 saturated carbocycles. The smallest absolute Gasteiger partial charge is 0.285 e. The Bertz CT molecular complexity index is 1000. The third-order valence-electron chi connectivity index (χ3n) is 5.01. The van der Waals surface area contributed by atoms with E-state index in [9.17, 15) is 13.2 Å². The van der Waals surface area contributed by atoms with Crippen LogP contribution in [0.2, 0.25) is 0 Å². The van der Waals surface area contributed by atoms with E-state index in [0.29, 0.717) is 17.9 Å². The van der Waals surface area contributed by atoms with Crippen molar-refractivity contribution in [1.82, 2.24) is 14.8 Å². The van der Waals surface area contributed by atoms with Gasteiger partial charge in [0.25, 0.3) is 10.0 Å². The number of carbonyl (C=O) groups is 1. The largest absolute Gasteiger partial charge is 0.349 e. The van der Waals surface area contributed by atoms with Gasteiger partial charge in [0.05, 0.1) is 12.6 Å². The normalized spacial score (nSPS) is 20.3. The molecule has 1 saturated heterocycles. The summed E-state index contributed by atoms with van der Waals surface area (Å²) in [6.45, 7) is 0.769. The highest BCUT2D eigenvalue weighted by molar-refractivity contribution is 7.90. The minimum Gasteiger partial charge on any atom is -0.349 e. The molecule has 27 heavy (non-hydrogen) atoms. The zero-order chi connectivity index (χ0) is 19.0. The number of likely N-dealkylation sites (tertiary alicyclic amines) is 1. The molecule has 1 aromatic carbocycles. The van der Waals surface area contributed by atoms with Crippen LogP contribution in [-0.2, 0) is 14.8 Å². The second kappa shape index (κ2) is 6.77. The van der Waals surface area contributed by atoms with E-state index in [2.05, 4.69) is 9.38 Å². The minimum atomic E-state index is -3.69. The van der Waals surface area contributed by atoms with Crippen molar-refractivity contribution in [2.45, 2.75) is 23.8 Å². The molecule has 0 spiro atoms. The Morgan fingerprint density at radius 3 is 2.74 bits per heavy atom. The van der Waals surface area contributed by atoms with Gasteiger partial charge in [-0.3, -0.25) is 9.78 Å². The van der Waals surface area contributed by atoms with Gasteiger partial charge < -0.3 is 9.80 Å². The first-order valence-corrected chi connectivity index (χ1v) is 10.3. The van der Waals surface area contributed by atoms with Gasteiger partial charge >= 0.3 is 0 Å². The van der Waals surface area contributed by atoms with E-state index in [-0.39, 0.29) is 23.4 Å². The highest BCUT2D eigenvalue weighted by atomic mass is 32.2. The summed E-state index contributed by atoms with van der Waals surface area (Å²) in [5.74, 6) is 0.278. The summed E-state index contributed by atoms with van der Waals surface area (Å²) in [5.41, 5.74) is 1.62. The highest BCUT2D eigenvalue weighted by Crippen LogP contribution is 2.32. The van der Waals surface area contributed by atoms with Gasteiger partial charge in [-0.2, -0.15) is 8.42 Å². The number of likely N-dealkylation sites (N-methyl/N-ethyl adjacent to an activating group) is 1. The van der Waals surface area contributed by atoms with Crippen LogP contribution in [0.15, 0.2) is 58.1 Å². The maximum atomic E-state index is 12.9. The van der Waals surface area contributed by atoms with Gasteiger partial charge in [0.15, 0.2) is 5.84 Å². The number of sulfonamides is 1. The van der Waals surface area contributed by atoms with Gasteiger partial charge in [-0.05, 0) is 42.7 Å². The van der Waals surface area contributed by atoms with E-state index in [1.807, 2.05) is 17.0 Å². The molecule has 0 aliphatic carbocycles. The highest BCUT2D eigenvalue weighted by Gasteiger charge is 2.34. The standard InChI is InChI=1S/C19H20N4O3S/c1-22(19-15-5-2-3-7-17(15)27(25,26)21-19)13-18(24)23-12-4-6-16(23)14-8-10-20-11-9-14/h2-3,5,7-11,16H,4,6,12-13H2,1H3. The lowest BCUT2D eigenvalue weighted by molar-refractivity contribution is -0.132. The predicted octanol–water partition coefficient (Wildman–Crippen LogP) is 1.83. The summed E-state index contributed by atoms with van der Waals surface area (Å²) < 4.78 is 28.3. The first-order valence-electron chi connectivity index (χ1n) is 8.82. The number of fused-ring (bicyclic) bond motifs is 1. The van der Waals surface area contributed by atoms with Crippen LogP contribution in [0.25, 0.3) is 0 Å². The number of amidine groups is 1. The Morgan fingerprint density at radius 2 is 1.96 bits per heavy atom. The average molecular weight is 384 g/mol. The molecule has 1 atom stereocenters. The third-order valence-corrected chi connectivity index (χ3v) is 6.34. The van der Waals surface area contributed by atoms with E-state index in [4.69, 9.17) is 0 Å². The van der Waals surface area contributed by atoms with Crippen molar-refractivity contribution in [3.63, 3.8) is 0 Å². The van der Waals surface area contributed by atoms with Crippen molar-refractivity contribution in [3.05, 3.63) is 59.9 Å².